The summed E-state index contributed by atoms with van der Waals surface area (Å²) in [5.74, 6) is 0.389. The fourth-order valence-electron chi connectivity index (χ4n) is 1.11. The molecule has 0 atom stereocenters. The fraction of sp³-hybridized carbons (Fsp3) is 0.455. The molecule has 0 aliphatic rings. The number of benzene rings is 1. The van der Waals surface area contributed by atoms with E-state index in [9.17, 15) is 5.11 Å². The normalized spacial score (nSPS) is 10.2. The first-order chi connectivity index (χ1) is 6.02. The van der Waals surface area contributed by atoms with Crippen LogP contribution in [0.5, 0.6) is 5.75 Å². The predicted octanol–water partition coefficient (Wildman–Crippen LogP) is 3.24. The summed E-state index contributed by atoms with van der Waals surface area (Å²) >= 11 is 3.53. The van der Waals surface area contributed by atoms with E-state index < -0.39 is 0 Å². The summed E-state index contributed by atoms with van der Waals surface area (Å²) in [7, 11) is 0. The summed E-state index contributed by atoms with van der Waals surface area (Å²) in [6, 6.07) is 7.46. The lowest BCUT2D eigenvalue weighted by Gasteiger charge is -2.19. The molecular formula is C11H18OS. The number of hydrogen-bond acceptors (Lipinski definition) is 2. The molecule has 0 bridgehead atoms. The molecule has 0 saturated carbocycles. The second kappa shape index (κ2) is 5.18. The molecule has 0 spiro atoms. The van der Waals surface area contributed by atoms with Crippen LogP contribution in [0.1, 0.15) is 26.3 Å². The molecule has 2 heteroatoms. The highest BCUT2D eigenvalue weighted by Gasteiger charge is 2.16. The van der Waals surface area contributed by atoms with E-state index in [2.05, 4.69) is 33.4 Å². The summed E-state index contributed by atoms with van der Waals surface area (Å²) in [5.41, 5.74) is 1.03. The van der Waals surface area contributed by atoms with Gasteiger partial charge in [0.2, 0.25) is 0 Å². The Labute approximate surface area is 86.2 Å². The van der Waals surface area contributed by atoms with Crippen molar-refractivity contribution in [1.82, 2.24) is 0 Å². The van der Waals surface area contributed by atoms with Crippen molar-refractivity contribution in [2.75, 3.05) is 6.26 Å². The quantitative estimate of drug-likeness (QED) is 0.613. The van der Waals surface area contributed by atoms with Crippen molar-refractivity contribution in [2.45, 2.75) is 26.2 Å². The van der Waals surface area contributed by atoms with E-state index in [0.717, 1.165) is 5.56 Å². The standard InChI is InChI=1S/C10H14O.CH4S/c1-10(2,3)8-6-4-5-7-9(8)11;1-2/h4-7,11H,1-3H3;2H,1H3. The molecule has 0 radical (unpaired) electrons. The lowest BCUT2D eigenvalue weighted by molar-refractivity contribution is 0.447. The van der Waals surface area contributed by atoms with E-state index in [1.54, 1.807) is 12.3 Å². The van der Waals surface area contributed by atoms with Crippen LogP contribution in [0, 0.1) is 0 Å². The van der Waals surface area contributed by atoms with Crippen molar-refractivity contribution in [2.24, 2.45) is 0 Å². The van der Waals surface area contributed by atoms with Gasteiger partial charge in [-0.05, 0) is 23.3 Å². The molecule has 1 rings (SSSR count). The van der Waals surface area contributed by atoms with E-state index in [1.807, 2.05) is 18.2 Å². The Kier molecular flexibility index (Phi) is 4.92. The van der Waals surface area contributed by atoms with Gasteiger partial charge in [0.25, 0.3) is 0 Å². The molecule has 1 aromatic rings. The Morgan fingerprint density at radius 1 is 1.08 bits per heavy atom. The van der Waals surface area contributed by atoms with Gasteiger partial charge in [0.05, 0.1) is 0 Å². The van der Waals surface area contributed by atoms with Crippen LogP contribution in [0.15, 0.2) is 24.3 Å². The van der Waals surface area contributed by atoms with Crippen LogP contribution in [-0.4, -0.2) is 11.4 Å². The average Bonchev–Trinajstić information content (AvgIpc) is 2.07. The predicted molar refractivity (Wildman–Crippen MR) is 61.7 cm³/mol. The van der Waals surface area contributed by atoms with Gasteiger partial charge >= 0.3 is 0 Å². The highest BCUT2D eigenvalue weighted by Crippen LogP contribution is 2.29. The number of rotatable bonds is 0. The van der Waals surface area contributed by atoms with Crippen molar-refractivity contribution < 1.29 is 5.11 Å². The van der Waals surface area contributed by atoms with Gasteiger partial charge in [0.1, 0.15) is 5.75 Å². The number of thiol groups is 1. The molecule has 0 aliphatic carbocycles. The minimum atomic E-state index is 0.0331. The smallest absolute Gasteiger partial charge is 0.119 e. The molecule has 1 nitrogen and oxygen atoms in total. The molecule has 1 N–H and O–H groups in total. The molecule has 0 aromatic heterocycles. The highest BCUT2D eigenvalue weighted by molar-refractivity contribution is 7.79. The molecule has 13 heavy (non-hydrogen) atoms. The van der Waals surface area contributed by atoms with Crippen molar-refractivity contribution in [3.05, 3.63) is 29.8 Å². The molecule has 0 fully saturated rings. The maximum atomic E-state index is 9.45. The van der Waals surface area contributed by atoms with Crippen molar-refractivity contribution in [3.63, 3.8) is 0 Å². The maximum absolute atomic E-state index is 9.45. The van der Waals surface area contributed by atoms with E-state index in [1.165, 1.54) is 0 Å². The van der Waals surface area contributed by atoms with Gasteiger partial charge in [-0.15, -0.1) is 0 Å². The third-order valence-corrected chi connectivity index (χ3v) is 1.71. The Balaban J connectivity index is 0.000000671. The van der Waals surface area contributed by atoms with Gasteiger partial charge in [-0.1, -0.05) is 39.0 Å². The molecule has 0 unspecified atom stereocenters. The lowest BCUT2D eigenvalue weighted by atomic mass is 9.86. The average molecular weight is 198 g/mol. The third kappa shape index (κ3) is 3.73. The number of para-hydroxylation sites is 1. The monoisotopic (exact) mass is 198 g/mol. The zero-order valence-electron chi connectivity index (χ0n) is 8.70. The molecular weight excluding hydrogens is 180 g/mol. The van der Waals surface area contributed by atoms with Crippen molar-refractivity contribution in [1.29, 1.82) is 0 Å². The number of phenolic OH excluding ortho intramolecular Hbond substituents is 1. The minimum absolute atomic E-state index is 0.0331. The van der Waals surface area contributed by atoms with Crippen LogP contribution >= 0.6 is 12.6 Å². The van der Waals surface area contributed by atoms with Gasteiger partial charge < -0.3 is 5.11 Å². The minimum Gasteiger partial charge on any atom is -0.508 e. The van der Waals surface area contributed by atoms with Crippen LogP contribution < -0.4 is 0 Å². The van der Waals surface area contributed by atoms with Crippen LogP contribution in [-0.2, 0) is 5.41 Å². The van der Waals surface area contributed by atoms with Crippen molar-refractivity contribution >= 4 is 12.6 Å². The Bertz CT molecular complexity index is 251. The topological polar surface area (TPSA) is 20.2 Å². The Hall–Kier alpha value is -0.630. The number of phenols is 1. The summed E-state index contributed by atoms with van der Waals surface area (Å²) < 4.78 is 0. The Morgan fingerprint density at radius 3 is 1.85 bits per heavy atom. The molecule has 1 aromatic carbocycles. The van der Waals surface area contributed by atoms with Crippen LogP contribution in [0.4, 0.5) is 0 Å². The van der Waals surface area contributed by atoms with E-state index in [0.29, 0.717) is 5.75 Å². The zero-order valence-corrected chi connectivity index (χ0v) is 9.60. The summed E-state index contributed by atoms with van der Waals surface area (Å²) in [6.07, 6.45) is 1.69. The fourth-order valence-corrected chi connectivity index (χ4v) is 1.11. The van der Waals surface area contributed by atoms with E-state index in [-0.39, 0.29) is 5.41 Å². The summed E-state index contributed by atoms with van der Waals surface area (Å²) in [6.45, 7) is 6.26. The second-order valence-corrected chi connectivity index (χ2v) is 3.77. The van der Waals surface area contributed by atoms with Crippen LogP contribution in [0.3, 0.4) is 0 Å². The first-order valence-electron chi connectivity index (χ1n) is 4.25. The molecule has 0 saturated heterocycles. The van der Waals surface area contributed by atoms with Gasteiger partial charge in [-0.3, -0.25) is 0 Å². The first-order valence-corrected chi connectivity index (χ1v) is 5.14. The first kappa shape index (κ1) is 12.4. The van der Waals surface area contributed by atoms with Gasteiger partial charge in [0.15, 0.2) is 0 Å². The zero-order chi connectivity index (χ0) is 10.5. The molecule has 74 valence electrons. The van der Waals surface area contributed by atoms with E-state index in [4.69, 9.17) is 0 Å². The van der Waals surface area contributed by atoms with Crippen molar-refractivity contribution in [3.8, 4) is 5.75 Å². The maximum Gasteiger partial charge on any atom is 0.119 e. The van der Waals surface area contributed by atoms with E-state index >= 15 is 0 Å². The summed E-state index contributed by atoms with van der Waals surface area (Å²) in [4.78, 5) is 0. The Morgan fingerprint density at radius 2 is 1.54 bits per heavy atom. The molecule has 0 heterocycles. The summed E-state index contributed by atoms with van der Waals surface area (Å²) in [5, 5.41) is 9.45. The largest absolute Gasteiger partial charge is 0.508 e. The second-order valence-electron chi connectivity index (χ2n) is 3.77. The van der Waals surface area contributed by atoms with Gasteiger partial charge in [0, 0.05) is 0 Å². The number of hydrogen-bond donors (Lipinski definition) is 2. The highest BCUT2D eigenvalue weighted by atomic mass is 32.1. The molecule has 0 aliphatic heterocycles. The van der Waals surface area contributed by atoms with Gasteiger partial charge in [-0.2, -0.15) is 12.6 Å². The lowest BCUT2D eigenvalue weighted by Crippen LogP contribution is -2.10. The third-order valence-electron chi connectivity index (χ3n) is 1.71. The SMILES string of the molecule is CC(C)(C)c1ccccc1O.CS. The molecule has 0 amide bonds. The van der Waals surface area contributed by atoms with Crippen LogP contribution in [0.25, 0.3) is 0 Å². The number of aromatic hydroxyl groups is 1. The van der Waals surface area contributed by atoms with Gasteiger partial charge in [-0.25, -0.2) is 0 Å². The van der Waals surface area contributed by atoms with Crippen LogP contribution in [0.2, 0.25) is 0 Å².